The smallest absolute Gasteiger partial charge is 0.271 e. The van der Waals surface area contributed by atoms with Crippen LogP contribution in [0.1, 0.15) is 70.3 Å². The topological polar surface area (TPSA) is 54.3 Å². The molecule has 3 heterocycles. The number of hydrogen-bond acceptors (Lipinski definition) is 3. The second-order valence-corrected chi connectivity index (χ2v) is 10.5. The fraction of sp³-hybridized carbons (Fsp3) is 0.652. The maximum absolute atomic E-state index is 13.6. The fourth-order valence-electron chi connectivity index (χ4n) is 4.86. The Morgan fingerprint density at radius 1 is 1.34 bits per heavy atom. The van der Waals surface area contributed by atoms with Crippen LogP contribution in [0.2, 0.25) is 0 Å². The van der Waals surface area contributed by atoms with Crippen molar-refractivity contribution >= 4 is 33.4 Å². The molecule has 1 saturated carbocycles. The van der Waals surface area contributed by atoms with Crippen LogP contribution in [0.25, 0.3) is 10.2 Å². The predicted octanol–water partition coefficient (Wildman–Crippen LogP) is 4.66. The molecule has 5 nitrogen and oxygen atoms in total. The normalized spacial score (nSPS) is 27.5. The molecular weight excluding hydrogens is 382 g/mol. The summed E-state index contributed by atoms with van der Waals surface area (Å²) in [6.07, 6.45) is 5.50. The molecule has 1 N–H and O–H groups in total. The number of thiophene rings is 1. The van der Waals surface area contributed by atoms with Crippen LogP contribution in [0.3, 0.4) is 0 Å². The second kappa shape index (κ2) is 7.78. The number of rotatable bonds is 5. The Kier molecular flexibility index (Phi) is 5.49. The zero-order valence-corrected chi connectivity index (χ0v) is 18.8. The van der Waals surface area contributed by atoms with E-state index in [1.807, 2.05) is 17.9 Å². The summed E-state index contributed by atoms with van der Waals surface area (Å²) in [6.45, 7) is 9.63. The Morgan fingerprint density at radius 3 is 2.83 bits per heavy atom. The van der Waals surface area contributed by atoms with Crippen molar-refractivity contribution in [2.75, 3.05) is 6.54 Å². The van der Waals surface area contributed by atoms with Crippen molar-refractivity contribution in [2.45, 2.75) is 77.9 Å². The predicted molar refractivity (Wildman–Crippen MR) is 118 cm³/mol. The van der Waals surface area contributed by atoms with Gasteiger partial charge in [-0.25, -0.2) is 0 Å². The monoisotopic (exact) mass is 415 g/mol. The highest BCUT2D eigenvalue weighted by Gasteiger charge is 2.48. The van der Waals surface area contributed by atoms with E-state index in [1.54, 1.807) is 11.3 Å². The number of carbonyl (C=O) groups is 2. The van der Waals surface area contributed by atoms with E-state index in [9.17, 15) is 9.59 Å². The van der Waals surface area contributed by atoms with Gasteiger partial charge in [-0.15, -0.1) is 11.3 Å². The van der Waals surface area contributed by atoms with Crippen LogP contribution >= 0.6 is 11.3 Å². The lowest BCUT2D eigenvalue weighted by Crippen LogP contribution is -2.65. The number of carbonyl (C=O) groups excluding carboxylic acids is 2. The molecule has 1 aliphatic carbocycles. The minimum atomic E-state index is -0.871. The van der Waals surface area contributed by atoms with Crippen LogP contribution in [0.15, 0.2) is 17.5 Å². The highest BCUT2D eigenvalue weighted by molar-refractivity contribution is 7.17. The fourth-order valence-corrected chi connectivity index (χ4v) is 5.69. The minimum absolute atomic E-state index is 0.00362. The number of fused-ring (bicyclic) bond motifs is 3. The van der Waals surface area contributed by atoms with Gasteiger partial charge in [0.25, 0.3) is 5.91 Å². The molecule has 1 aliphatic heterocycles. The van der Waals surface area contributed by atoms with Crippen molar-refractivity contribution in [2.24, 2.45) is 11.8 Å². The van der Waals surface area contributed by atoms with Crippen molar-refractivity contribution < 1.29 is 9.59 Å². The standard InChI is InChI=1S/C23H33N3O2S/c1-15(2)9-11-26-21(27)19-13-20-18(10-12-29-20)25(19)14-23(26,4)22(28)24-17-8-6-5-7-16(17)3/h10,12-13,15-17H,5-9,11,14H2,1-4H3,(H,24,28). The molecule has 4 rings (SSSR count). The molecule has 0 radical (unpaired) electrons. The lowest BCUT2D eigenvalue weighted by molar-refractivity contribution is -0.134. The summed E-state index contributed by atoms with van der Waals surface area (Å²) in [5, 5.41) is 5.39. The Morgan fingerprint density at radius 2 is 2.10 bits per heavy atom. The second-order valence-electron chi connectivity index (χ2n) is 9.54. The highest BCUT2D eigenvalue weighted by Crippen LogP contribution is 2.35. The number of nitrogens with one attached hydrogen (secondary N) is 1. The molecule has 0 aromatic carbocycles. The first-order valence-electron chi connectivity index (χ1n) is 11.0. The van der Waals surface area contributed by atoms with E-state index in [1.165, 1.54) is 12.8 Å². The van der Waals surface area contributed by atoms with Gasteiger partial charge in [0.2, 0.25) is 5.91 Å². The Hall–Kier alpha value is -1.82. The third kappa shape index (κ3) is 3.60. The van der Waals surface area contributed by atoms with Gasteiger partial charge in [-0.3, -0.25) is 9.59 Å². The Balaban J connectivity index is 1.68. The molecule has 0 spiro atoms. The zero-order chi connectivity index (χ0) is 20.8. The van der Waals surface area contributed by atoms with Gasteiger partial charge in [0, 0.05) is 12.6 Å². The minimum Gasteiger partial charge on any atom is -0.351 e. The Labute approximate surface area is 177 Å². The number of nitrogens with zero attached hydrogens (tertiary/aromatic N) is 2. The largest absolute Gasteiger partial charge is 0.351 e. The summed E-state index contributed by atoms with van der Waals surface area (Å²) in [6, 6.07) is 4.26. The van der Waals surface area contributed by atoms with Gasteiger partial charge in [0.05, 0.1) is 16.8 Å². The summed E-state index contributed by atoms with van der Waals surface area (Å²) >= 11 is 1.65. The van der Waals surface area contributed by atoms with Crippen LogP contribution in [-0.2, 0) is 11.3 Å². The van der Waals surface area contributed by atoms with E-state index in [0.29, 0.717) is 30.6 Å². The van der Waals surface area contributed by atoms with E-state index >= 15 is 0 Å². The van der Waals surface area contributed by atoms with Crippen LogP contribution in [0, 0.1) is 11.8 Å². The molecule has 6 heteroatoms. The van der Waals surface area contributed by atoms with Crippen LogP contribution in [0.4, 0.5) is 0 Å². The van der Waals surface area contributed by atoms with Crippen LogP contribution in [-0.4, -0.2) is 39.4 Å². The lowest BCUT2D eigenvalue weighted by Gasteiger charge is -2.45. The number of amides is 2. The molecule has 2 aromatic rings. The van der Waals surface area contributed by atoms with Crippen LogP contribution in [0.5, 0.6) is 0 Å². The van der Waals surface area contributed by atoms with Crippen molar-refractivity contribution in [1.29, 1.82) is 0 Å². The molecule has 0 bridgehead atoms. The molecule has 29 heavy (non-hydrogen) atoms. The number of aromatic nitrogens is 1. The van der Waals surface area contributed by atoms with Gasteiger partial charge in [0.15, 0.2) is 0 Å². The molecular formula is C23H33N3O2S. The van der Waals surface area contributed by atoms with E-state index < -0.39 is 5.54 Å². The molecule has 2 aromatic heterocycles. The Bertz CT molecular complexity index is 915. The highest BCUT2D eigenvalue weighted by atomic mass is 32.1. The molecule has 158 valence electrons. The van der Waals surface area contributed by atoms with E-state index in [0.717, 1.165) is 29.5 Å². The van der Waals surface area contributed by atoms with Gasteiger partial charge in [-0.05, 0) is 55.5 Å². The van der Waals surface area contributed by atoms with E-state index in [2.05, 4.69) is 42.1 Å². The number of hydrogen-bond donors (Lipinski definition) is 1. The van der Waals surface area contributed by atoms with Crippen molar-refractivity contribution in [1.82, 2.24) is 14.8 Å². The molecule has 2 aliphatic rings. The average molecular weight is 416 g/mol. The molecule has 0 saturated heterocycles. The maximum atomic E-state index is 13.6. The summed E-state index contributed by atoms with van der Waals surface area (Å²) in [7, 11) is 0. The first-order valence-corrected chi connectivity index (χ1v) is 11.9. The molecule has 3 atom stereocenters. The van der Waals surface area contributed by atoms with E-state index in [-0.39, 0.29) is 17.9 Å². The van der Waals surface area contributed by atoms with Crippen molar-refractivity contribution in [3.63, 3.8) is 0 Å². The zero-order valence-electron chi connectivity index (χ0n) is 18.0. The summed E-state index contributed by atoms with van der Waals surface area (Å²) in [4.78, 5) is 29.0. The first-order chi connectivity index (χ1) is 13.8. The maximum Gasteiger partial charge on any atom is 0.271 e. The third-order valence-corrected chi connectivity index (χ3v) is 7.75. The molecule has 3 unspecified atom stereocenters. The van der Waals surface area contributed by atoms with Crippen molar-refractivity contribution in [3.05, 3.63) is 23.2 Å². The van der Waals surface area contributed by atoms with Gasteiger partial charge in [0.1, 0.15) is 11.2 Å². The quantitative estimate of drug-likeness (QED) is 0.772. The van der Waals surface area contributed by atoms with Gasteiger partial charge < -0.3 is 14.8 Å². The van der Waals surface area contributed by atoms with E-state index in [4.69, 9.17) is 0 Å². The van der Waals surface area contributed by atoms with Crippen molar-refractivity contribution in [3.8, 4) is 0 Å². The lowest BCUT2D eigenvalue weighted by atomic mass is 9.85. The SMILES string of the molecule is CC(C)CCN1C(=O)c2cc3sccc3n2CC1(C)C(=O)NC1CCCCC1C. The first kappa shape index (κ1) is 20.5. The van der Waals surface area contributed by atoms with Gasteiger partial charge in [-0.1, -0.05) is 33.6 Å². The molecule has 1 fully saturated rings. The summed E-state index contributed by atoms with van der Waals surface area (Å²) in [5.74, 6) is 0.946. The summed E-state index contributed by atoms with van der Waals surface area (Å²) < 4.78 is 3.17. The van der Waals surface area contributed by atoms with Gasteiger partial charge >= 0.3 is 0 Å². The third-order valence-electron chi connectivity index (χ3n) is 6.90. The average Bonchev–Trinajstić information content (AvgIpc) is 3.25. The summed E-state index contributed by atoms with van der Waals surface area (Å²) in [5.41, 5.74) is 0.906. The van der Waals surface area contributed by atoms with Gasteiger partial charge in [-0.2, -0.15) is 0 Å². The van der Waals surface area contributed by atoms with Crippen LogP contribution < -0.4 is 5.32 Å². The molecule has 2 amide bonds.